The summed E-state index contributed by atoms with van der Waals surface area (Å²) in [5, 5.41) is 11.0. The summed E-state index contributed by atoms with van der Waals surface area (Å²) < 4.78 is 6.19. The lowest BCUT2D eigenvalue weighted by Gasteiger charge is -2.46. The van der Waals surface area contributed by atoms with E-state index in [2.05, 4.69) is 9.88 Å². The van der Waals surface area contributed by atoms with Gasteiger partial charge in [-0.05, 0) is 57.4 Å². The van der Waals surface area contributed by atoms with Gasteiger partial charge in [0, 0.05) is 37.1 Å². The second-order valence-corrected chi connectivity index (χ2v) is 8.03. The minimum Gasteiger partial charge on any atom is -0.385 e. The van der Waals surface area contributed by atoms with Crippen LogP contribution in [0.2, 0.25) is 0 Å². The van der Waals surface area contributed by atoms with Gasteiger partial charge in [-0.15, -0.1) is 0 Å². The molecule has 3 fully saturated rings. The Hall–Kier alpha value is -1.30. The van der Waals surface area contributed by atoms with E-state index in [1.54, 1.807) is 19.3 Å². The molecule has 0 spiro atoms. The summed E-state index contributed by atoms with van der Waals surface area (Å²) in [5.74, 6) is 0.654. The molecule has 1 saturated carbocycles. The zero-order chi connectivity index (χ0) is 17.5. The van der Waals surface area contributed by atoms with Crippen molar-refractivity contribution in [2.24, 2.45) is 5.92 Å². The van der Waals surface area contributed by atoms with Crippen molar-refractivity contribution in [2.45, 2.75) is 62.7 Å². The van der Waals surface area contributed by atoms with Gasteiger partial charge in [-0.25, -0.2) is 0 Å². The first kappa shape index (κ1) is 17.1. The van der Waals surface area contributed by atoms with Gasteiger partial charge < -0.3 is 9.84 Å². The number of carbonyl (C=O) groups excluding carboxylic acids is 1. The number of aliphatic hydroxyl groups is 1. The molecule has 2 aliphatic heterocycles. The molecule has 0 aromatic carbocycles. The average Bonchev–Trinajstić information content (AvgIpc) is 3.49. The maximum Gasteiger partial charge on any atom is 0.161 e. The van der Waals surface area contributed by atoms with Gasteiger partial charge in [0.1, 0.15) is 5.60 Å². The Bertz CT molecular complexity index is 613. The lowest BCUT2D eigenvalue weighted by molar-refractivity contribution is -0.162. The molecule has 4 rings (SSSR count). The standard InChI is InChI=1S/C20H28N2O3/c1-15(23)20(16-4-5-16)7-6-18(14-25-20)22-11-8-19(24,9-12-22)17-3-2-10-21-13-17/h2-3,10,13,16,18,24H,4-9,11-12,14H2,1H3/t18?,20-/m1/s1. The normalized spacial score (nSPS) is 33.1. The molecule has 1 aromatic rings. The van der Waals surface area contributed by atoms with Gasteiger partial charge in [-0.2, -0.15) is 0 Å². The molecule has 25 heavy (non-hydrogen) atoms. The number of likely N-dealkylation sites (tertiary alicyclic amines) is 1. The first-order valence-corrected chi connectivity index (χ1v) is 9.55. The number of hydrogen-bond donors (Lipinski definition) is 1. The van der Waals surface area contributed by atoms with Gasteiger partial charge in [0.15, 0.2) is 5.78 Å². The molecule has 5 nitrogen and oxygen atoms in total. The van der Waals surface area contributed by atoms with Crippen molar-refractivity contribution in [1.82, 2.24) is 9.88 Å². The number of pyridine rings is 1. The summed E-state index contributed by atoms with van der Waals surface area (Å²) in [4.78, 5) is 18.7. The number of rotatable bonds is 4. The fourth-order valence-electron chi connectivity index (χ4n) is 4.69. The van der Waals surface area contributed by atoms with Crippen LogP contribution < -0.4 is 0 Å². The van der Waals surface area contributed by atoms with Crippen molar-refractivity contribution >= 4 is 5.78 Å². The van der Waals surface area contributed by atoms with Crippen LogP contribution in [0.1, 0.15) is 51.0 Å². The molecule has 3 aliphatic rings. The summed E-state index contributed by atoms with van der Waals surface area (Å²) in [5.41, 5.74) is -0.348. The highest BCUT2D eigenvalue weighted by Crippen LogP contribution is 2.47. The van der Waals surface area contributed by atoms with Crippen LogP contribution in [0.4, 0.5) is 0 Å². The van der Waals surface area contributed by atoms with E-state index in [-0.39, 0.29) is 5.78 Å². The number of nitrogens with zero attached hydrogens (tertiary/aromatic N) is 2. The number of piperidine rings is 1. The average molecular weight is 344 g/mol. The van der Waals surface area contributed by atoms with E-state index >= 15 is 0 Å². The maximum absolute atomic E-state index is 12.1. The molecule has 0 bridgehead atoms. The number of aromatic nitrogens is 1. The monoisotopic (exact) mass is 344 g/mol. The van der Waals surface area contributed by atoms with Crippen LogP contribution in [0.15, 0.2) is 24.5 Å². The van der Waals surface area contributed by atoms with Crippen LogP contribution in [-0.4, -0.2) is 52.1 Å². The molecule has 0 radical (unpaired) electrons. The van der Waals surface area contributed by atoms with E-state index in [1.807, 2.05) is 12.1 Å². The van der Waals surface area contributed by atoms with Crippen LogP contribution in [0.3, 0.4) is 0 Å². The Morgan fingerprint density at radius 2 is 2.04 bits per heavy atom. The number of Topliss-reactive ketones (excluding diaryl/α,β-unsaturated/α-hetero) is 1. The molecule has 1 N–H and O–H groups in total. The molecule has 5 heteroatoms. The first-order valence-electron chi connectivity index (χ1n) is 9.55. The largest absolute Gasteiger partial charge is 0.385 e. The second-order valence-electron chi connectivity index (χ2n) is 8.03. The van der Waals surface area contributed by atoms with E-state index in [0.717, 1.165) is 57.2 Å². The smallest absolute Gasteiger partial charge is 0.161 e. The summed E-state index contributed by atoms with van der Waals surface area (Å²) in [7, 11) is 0. The molecule has 1 aliphatic carbocycles. The molecule has 1 aromatic heterocycles. The van der Waals surface area contributed by atoms with E-state index in [4.69, 9.17) is 4.74 Å². The summed E-state index contributed by atoms with van der Waals surface area (Å²) in [6, 6.07) is 4.21. The molecule has 136 valence electrons. The molecule has 3 heterocycles. The van der Waals surface area contributed by atoms with E-state index < -0.39 is 11.2 Å². The topological polar surface area (TPSA) is 62.7 Å². The van der Waals surface area contributed by atoms with Crippen LogP contribution in [0.25, 0.3) is 0 Å². The van der Waals surface area contributed by atoms with Crippen LogP contribution in [-0.2, 0) is 15.1 Å². The number of ketones is 1. The van der Waals surface area contributed by atoms with Crippen LogP contribution in [0.5, 0.6) is 0 Å². The third-order valence-corrected chi connectivity index (χ3v) is 6.56. The maximum atomic E-state index is 12.1. The predicted molar refractivity (Wildman–Crippen MR) is 94.1 cm³/mol. The summed E-state index contributed by atoms with van der Waals surface area (Å²) in [6.45, 7) is 4.04. The second kappa shape index (κ2) is 6.45. The third kappa shape index (κ3) is 3.14. The lowest BCUT2D eigenvalue weighted by atomic mass is 9.82. The molecule has 2 atom stereocenters. The number of carbonyl (C=O) groups is 1. The van der Waals surface area contributed by atoms with E-state index in [9.17, 15) is 9.90 Å². The highest BCUT2D eigenvalue weighted by atomic mass is 16.5. The fourth-order valence-corrected chi connectivity index (χ4v) is 4.69. The van der Waals surface area contributed by atoms with Crippen LogP contribution in [0, 0.1) is 5.92 Å². The minimum atomic E-state index is -0.766. The van der Waals surface area contributed by atoms with Crippen molar-refractivity contribution in [1.29, 1.82) is 0 Å². The van der Waals surface area contributed by atoms with Gasteiger partial charge in [0.25, 0.3) is 0 Å². The highest BCUT2D eigenvalue weighted by Gasteiger charge is 2.52. The van der Waals surface area contributed by atoms with Gasteiger partial charge in [0.2, 0.25) is 0 Å². The first-order chi connectivity index (χ1) is 12.0. The summed E-state index contributed by atoms with van der Waals surface area (Å²) in [6.07, 6.45) is 9.07. The Kier molecular flexibility index (Phi) is 4.42. The van der Waals surface area contributed by atoms with E-state index in [0.29, 0.717) is 18.6 Å². The quantitative estimate of drug-likeness (QED) is 0.908. The Morgan fingerprint density at radius 3 is 2.56 bits per heavy atom. The van der Waals surface area contributed by atoms with Crippen molar-refractivity contribution in [3.63, 3.8) is 0 Å². The van der Waals surface area contributed by atoms with Gasteiger partial charge >= 0.3 is 0 Å². The van der Waals surface area contributed by atoms with Crippen molar-refractivity contribution in [3.8, 4) is 0 Å². The number of hydrogen-bond acceptors (Lipinski definition) is 5. The molecule has 2 saturated heterocycles. The van der Waals surface area contributed by atoms with Crippen LogP contribution >= 0.6 is 0 Å². The van der Waals surface area contributed by atoms with Gasteiger partial charge in [-0.1, -0.05) is 6.07 Å². The zero-order valence-corrected chi connectivity index (χ0v) is 15.0. The third-order valence-electron chi connectivity index (χ3n) is 6.56. The zero-order valence-electron chi connectivity index (χ0n) is 15.0. The Morgan fingerprint density at radius 1 is 1.28 bits per heavy atom. The van der Waals surface area contributed by atoms with Crippen molar-refractivity contribution < 1.29 is 14.6 Å². The highest BCUT2D eigenvalue weighted by molar-refractivity contribution is 5.86. The van der Waals surface area contributed by atoms with Crippen molar-refractivity contribution in [3.05, 3.63) is 30.1 Å². The minimum absolute atomic E-state index is 0.207. The predicted octanol–water partition coefficient (Wildman–Crippen LogP) is 2.28. The Labute approximate surface area is 149 Å². The SMILES string of the molecule is CC(=O)[C@@]1(C2CC2)CCC(N2CCC(O)(c3cccnc3)CC2)CO1. The summed E-state index contributed by atoms with van der Waals surface area (Å²) >= 11 is 0. The number of ether oxygens (including phenoxy) is 1. The Balaban J connectivity index is 1.36. The lowest BCUT2D eigenvalue weighted by Crippen LogP contribution is -2.55. The van der Waals surface area contributed by atoms with E-state index in [1.165, 1.54) is 0 Å². The van der Waals surface area contributed by atoms with Crippen molar-refractivity contribution in [2.75, 3.05) is 19.7 Å². The molecular weight excluding hydrogens is 316 g/mol. The fraction of sp³-hybridized carbons (Fsp3) is 0.700. The molecule has 0 amide bonds. The van der Waals surface area contributed by atoms with Gasteiger partial charge in [0.05, 0.1) is 12.2 Å². The van der Waals surface area contributed by atoms with Gasteiger partial charge in [-0.3, -0.25) is 14.7 Å². The molecule has 1 unspecified atom stereocenters. The molecular formula is C20H28N2O3.